The van der Waals surface area contributed by atoms with Crippen molar-refractivity contribution >= 4 is 38.6 Å². The van der Waals surface area contributed by atoms with Crippen molar-refractivity contribution < 1.29 is 31.1 Å². The minimum Gasteiger partial charge on any atom is -0.538 e. The van der Waals surface area contributed by atoms with Gasteiger partial charge in [0.2, 0.25) is 0 Å². The fourth-order valence-electron chi connectivity index (χ4n) is 1.22. The number of sulfonamides is 1. The first kappa shape index (κ1) is 18.2. The molecule has 0 unspecified atom stereocenters. The summed E-state index contributed by atoms with van der Waals surface area (Å²) in [6.45, 7) is 0.444. The number of esters is 1. The van der Waals surface area contributed by atoms with Gasteiger partial charge in [0.1, 0.15) is 0 Å². The lowest BCUT2D eigenvalue weighted by Crippen LogP contribution is -2.23. The van der Waals surface area contributed by atoms with Gasteiger partial charge in [0.05, 0.1) is 12.2 Å². The van der Waals surface area contributed by atoms with Crippen molar-refractivity contribution in [3.05, 3.63) is 37.6 Å². The zero-order chi connectivity index (χ0) is 16.3. The van der Waals surface area contributed by atoms with Gasteiger partial charge in [-0.05, 0) is 53.3 Å². The molecule has 0 saturated heterocycles. The van der Waals surface area contributed by atoms with Gasteiger partial charge in [-0.25, -0.2) is 13.2 Å². The van der Waals surface area contributed by atoms with E-state index in [0.717, 1.165) is 9.13 Å². The van der Waals surface area contributed by atoms with Gasteiger partial charge in [-0.3, -0.25) is 0 Å². The minimum absolute atomic E-state index is 0.228. The van der Waals surface area contributed by atoms with Crippen molar-refractivity contribution in [2.75, 3.05) is 13.2 Å². The van der Waals surface area contributed by atoms with Crippen LogP contribution in [-0.4, -0.2) is 33.0 Å². The Balaban J connectivity index is 2.50. The molecule has 0 saturated carbocycles. The zero-order valence-electron chi connectivity index (χ0n) is 10.6. The molecule has 0 aromatic heterocycles. The normalized spacial score (nSPS) is 12.2. The van der Waals surface area contributed by atoms with Gasteiger partial charge in [-0.2, -0.15) is 13.2 Å². The average molecular weight is 436 g/mol. The molecule has 0 N–H and O–H groups in total. The summed E-state index contributed by atoms with van der Waals surface area (Å²) in [6.07, 6.45) is 0. The summed E-state index contributed by atoms with van der Waals surface area (Å²) < 4.78 is 65.3. The number of hydrogen-bond donors (Lipinski definition) is 0. The Morgan fingerprint density at radius 1 is 1.38 bits per heavy atom. The van der Waals surface area contributed by atoms with Gasteiger partial charge in [-0.1, -0.05) is 0 Å². The molecule has 5 nitrogen and oxygen atoms in total. The Morgan fingerprint density at radius 2 is 2.00 bits per heavy atom. The number of halogens is 4. The fraction of sp³-hybridized carbons (Fsp3) is 0.364. The summed E-state index contributed by atoms with van der Waals surface area (Å²) in [6, 6.07) is 4.75. The van der Waals surface area contributed by atoms with Crippen LogP contribution < -0.4 is 0 Å². The Hall–Kier alpha value is -0.880. The number of benzene rings is 1. The molecule has 0 atom stereocenters. The van der Waals surface area contributed by atoms with E-state index in [1.807, 2.05) is 0 Å². The molecule has 0 aliphatic heterocycles. The molecule has 1 rings (SSSR count). The van der Waals surface area contributed by atoms with E-state index in [1.165, 1.54) is 6.07 Å². The van der Waals surface area contributed by atoms with Crippen molar-refractivity contribution in [1.29, 1.82) is 0 Å². The summed E-state index contributed by atoms with van der Waals surface area (Å²) in [5, 5.41) is 0. The first-order valence-corrected chi connectivity index (χ1v) is 8.00. The van der Waals surface area contributed by atoms with Crippen molar-refractivity contribution in [1.82, 2.24) is 0 Å². The van der Waals surface area contributed by atoms with E-state index < -0.39 is 34.7 Å². The number of nitrogens with zero attached hydrogens (tertiary/aromatic N) is 1. The van der Waals surface area contributed by atoms with Gasteiger partial charge < -0.3 is 9.46 Å². The molecule has 118 valence electrons. The summed E-state index contributed by atoms with van der Waals surface area (Å²) >= 11 is 2.07. The third-order valence-corrected chi connectivity index (χ3v) is 4.59. The highest BCUT2D eigenvalue weighted by molar-refractivity contribution is 14.1. The van der Waals surface area contributed by atoms with Crippen molar-refractivity contribution in [2.45, 2.75) is 12.4 Å². The second-order valence-corrected chi connectivity index (χ2v) is 6.71. The van der Waals surface area contributed by atoms with Crippen LogP contribution >= 0.6 is 22.6 Å². The molecule has 10 heteroatoms. The molecule has 0 amide bonds. The largest absolute Gasteiger partial charge is 0.538 e. The van der Waals surface area contributed by atoms with E-state index in [2.05, 4.69) is 32.0 Å². The third kappa shape index (κ3) is 5.11. The summed E-state index contributed by atoms with van der Waals surface area (Å²) in [5.41, 5.74) is -4.37. The number of hydrogen-bond acceptors (Lipinski definition) is 4. The van der Waals surface area contributed by atoms with Gasteiger partial charge in [0, 0.05) is 3.57 Å². The topological polar surface area (TPSA) is 74.5 Å². The highest BCUT2D eigenvalue weighted by Gasteiger charge is 2.38. The van der Waals surface area contributed by atoms with Crippen molar-refractivity contribution in [2.24, 2.45) is 0 Å². The molecule has 0 fully saturated rings. The molecule has 21 heavy (non-hydrogen) atoms. The lowest BCUT2D eigenvalue weighted by atomic mass is 10.1. The van der Waals surface area contributed by atoms with E-state index in [0.29, 0.717) is 0 Å². The maximum absolute atomic E-state index is 12.0. The monoisotopic (exact) mass is 436 g/mol. The standard InChI is InChI=1S/C11H10F3INO4S/c1-7-6-8(2-3-9(7)15)10(17)20-5-4-16-21(18,19)11(12,13)14/h2-3,6H,4-5H2,1H3/q-1. The van der Waals surface area contributed by atoms with Crippen LogP contribution in [0.4, 0.5) is 13.2 Å². The second-order valence-electron chi connectivity index (χ2n) is 3.87. The minimum atomic E-state index is -5.54. The molecular formula is C11H10F3INO4S-. The highest BCUT2D eigenvalue weighted by atomic mass is 127. The molecule has 0 spiro atoms. The van der Waals surface area contributed by atoms with Crippen molar-refractivity contribution in [3.63, 3.8) is 0 Å². The van der Waals surface area contributed by atoms with Crippen LogP contribution in [0, 0.1) is 10.5 Å². The lowest BCUT2D eigenvalue weighted by molar-refractivity contribution is -0.0427. The van der Waals surface area contributed by atoms with Crippen LogP contribution in [0.25, 0.3) is 4.72 Å². The van der Waals surface area contributed by atoms with E-state index in [9.17, 15) is 26.4 Å². The maximum atomic E-state index is 12.0. The van der Waals surface area contributed by atoms with E-state index in [1.54, 1.807) is 19.1 Å². The van der Waals surface area contributed by atoms with Gasteiger partial charge >= 0.3 is 11.5 Å². The summed E-state index contributed by atoms with van der Waals surface area (Å²) in [4.78, 5) is 11.6. The molecular weight excluding hydrogens is 426 g/mol. The van der Waals surface area contributed by atoms with Gasteiger partial charge in [-0.15, -0.1) is 6.54 Å². The van der Waals surface area contributed by atoms with Gasteiger partial charge in [0.15, 0.2) is 10.0 Å². The molecule has 0 radical (unpaired) electrons. The Kier molecular flexibility index (Phi) is 5.99. The van der Waals surface area contributed by atoms with Crippen molar-refractivity contribution in [3.8, 4) is 0 Å². The molecule has 0 aliphatic carbocycles. The molecule has 1 aromatic rings. The van der Waals surface area contributed by atoms with E-state index >= 15 is 0 Å². The number of aryl methyl sites for hydroxylation is 1. The predicted octanol–water partition coefficient (Wildman–Crippen LogP) is 2.98. The first-order valence-electron chi connectivity index (χ1n) is 5.48. The summed E-state index contributed by atoms with van der Waals surface area (Å²) in [7, 11) is -5.54. The number of ether oxygens (including phenoxy) is 1. The molecule has 0 aliphatic rings. The smallest absolute Gasteiger partial charge is 0.480 e. The van der Waals surface area contributed by atoms with E-state index in [-0.39, 0.29) is 5.56 Å². The Labute approximate surface area is 133 Å². The maximum Gasteiger partial charge on any atom is 0.480 e. The lowest BCUT2D eigenvalue weighted by Gasteiger charge is -2.21. The molecule has 0 bridgehead atoms. The molecule has 0 heterocycles. The van der Waals surface area contributed by atoms with Crippen LogP contribution in [0.5, 0.6) is 0 Å². The van der Waals surface area contributed by atoms with Crippen LogP contribution in [0.1, 0.15) is 15.9 Å². The average Bonchev–Trinajstić information content (AvgIpc) is 2.36. The fourth-order valence-corrected chi connectivity index (χ4v) is 2.02. The number of carbonyl (C=O) groups excluding carboxylic acids is 1. The van der Waals surface area contributed by atoms with Gasteiger partial charge in [0.25, 0.3) is 0 Å². The first-order chi connectivity index (χ1) is 9.54. The van der Waals surface area contributed by atoms with E-state index in [4.69, 9.17) is 0 Å². The van der Waals surface area contributed by atoms with Crippen LogP contribution in [0.15, 0.2) is 18.2 Å². The quantitative estimate of drug-likeness (QED) is 0.404. The SMILES string of the molecule is Cc1cc(C(=O)OCC[N-]S(=O)(=O)C(F)(F)F)ccc1I. The summed E-state index contributed by atoms with van der Waals surface area (Å²) in [5.74, 6) is -0.755. The molecule has 1 aromatic carbocycles. The number of alkyl halides is 3. The zero-order valence-corrected chi connectivity index (χ0v) is 13.6. The Bertz CT molecular complexity index is 631. The van der Waals surface area contributed by atoms with Crippen LogP contribution in [0.3, 0.4) is 0 Å². The van der Waals surface area contributed by atoms with Crippen LogP contribution in [-0.2, 0) is 14.8 Å². The van der Waals surface area contributed by atoms with Crippen LogP contribution in [0.2, 0.25) is 0 Å². The third-order valence-electron chi connectivity index (χ3n) is 2.27. The Morgan fingerprint density at radius 3 is 2.52 bits per heavy atom. The number of carbonyl (C=O) groups is 1. The number of rotatable bonds is 5. The second kappa shape index (κ2) is 6.92. The predicted molar refractivity (Wildman–Crippen MR) is 77.4 cm³/mol. The highest BCUT2D eigenvalue weighted by Crippen LogP contribution is 2.27.